The average Bonchev–Trinajstić information content (AvgIpc) is 3.58. The van der Waals surface area contributed by atoms with Crippen LogP contribution in [0.2, 0.25) is 0 Å². The van der Waals surface area contributed by atoms with E-state index in [2.05, 4.69) is 29.2 Å². The highest BCUT2D eigenvalue weighted by Gasteiger charge is 2.26. The minimum atomic E-state index is 0.758. The third-order valence-electron chi connectivity index (χ3n) is 7.02. The van der Waals surface area contributed by atoms with Crippen molar-refractivity contribution in [2.75, 3.05) is 7.11 Å². The lowest BCUT2D eigenvalue weighted by atomic mass is 9.92. The van der Waals surface area contributed by atoms with E-state index in [0.29, 0.717) is 0 Å². The van der Waals surface area contributed by atoms with Gasteiger partial charge >= 0.3 is 0 Å². The second-order valence-corrected chi connectivity index (χ2v) is 9.44. The van der Waals surface area contributed by atoms with Gasteiger partial charge in [0.1, 0.15) is 11.6 Å². The molecule has 3 aromatic heterocycles. The number of methoxy groups -OCH3 is 1. The lowest BCUT2D eigenvalue weighted by Gasteiger charge is -2.16. The molecule has 7 aromatic rings. The average molecular weight is 508 g/mol. The quantitative estimate of drug-likeness (QED) is 0.260. The number of para-hydroxylation sites is 3. The van der Waals surface area contributed by atoms with Gasteiger partial charge in [0.15, 0.2) is 5.65 Å². The summed E-state index contributed by atoms with van der Waals surface area (Å²) in [4.78, 5) is 13.9. The number of H-pyrrole nitrogens is 1. The molecule has 7 rings (SSSR count). The molecule has 6 heteroatoms. The number of nitrogens with zero attached hydrogens (tertiary/aromatic N) is 4. The van der Waals surface area contributed by atoms with E-state index < -0.39 is 0 Å². The predicted octanol–water partition coefficient (Wildman–Crippen LogP) is 7.61. The van der Waals surface area contributed by atoms with Crippen molar-refractivity contribution in [2.24, 2.45) is 0 Å². The van der Waals surface area contributed by atoms with Gasteiger partial charge in [0.25, 0.3) is 0 Å². The molecule has 0 unspecified atom stereocenters. The summed E-state index contributed by atoms with van der Waals surface area (Å²) >= 11 is 0. The van der Waals surface area contributed by atoms with E-state index in [-0.39, 0.29) is 0 Å². The molecular formula is C33H25N5O. The zero-order chi connectivity index (χ0) is 26.3. The maximum atomic E-state index is 5.64. The number of hydrogen-bond acceptors (Lipinski definition) is 4. The number of benzene rings is 4. The van der Waals surface area contributed by atoms with Crippen LogP contribution in [0.3, 0.4) is 0 Å². The molecule has 0 spiro atoms. The lowest BCUT2D eigenvalue weighted by molar-refractivity contribution is 0.415. The maximum absolute atomic E-state index is 5.64. The zero-order valence-electron chi connectivity index (χ0n) is 21.6. The number of ether oxygens (including phenoxy) is 1. The molecule has 39 heavy (non-hydrogen) atoms. The Hall–Kier alpha value is -5.23. The smallest absolute Gasteiger partial charge is 0.164 e. The van der Waals surface area contributed by atoms with Crippen molar-refractivity contribution in [3.8, 4) is 45.2 Å². The maximum Gasteiger partial charge on any atom is 0.164 e. The summed E-state index contributed by atoms with van der Waals surface area (Å²) < 4.78 is 7.58. The SMILES string of the molecule is COc1cccc(-c2c(-c3nc4ccccc4[nH]3)c(-c3ccccc3)nc3c2c(C)nn3-c2ccccc2)c1. The van der Waals surface area contributed by atoms with E-state index in [1.54, 1.807) is 7.11 Å². The van der Waals surface area contributed by atoms with Crippen molar-refractivity contribution in [3.63, 3.8) is 0 Å². The van der Waals surface area contributed by atoms with Crippen LogP contribution in [0, 0.1) is 6.92 Å². The van der Waals surface area contributed by atoms with E-state index in [9.17, 15) is 0 Å². The van der Waals surface area contributed by atoms with Crippen molar-refractivity contribution in [3.05, 3.63) is 115 Å². The van der Waals surface area contributed by atoms with Crippen LogP contribution in [0.4, 0.5) is 0 Å². The molecule has 0 bridgehead atoms. The third kappa shape index (κ3) is 3.85. The molecule has 0 saturated heterocycles. The Kier molecular flexibility index (Phi) is 5.44. The van der Waals surface area contributed by atoms with Crippen LogP contribution >= 0.6 is 0 Å². The normalized spacial score (nSPS) is 11.3. The fraction of sp³-hybridized carbons (Fsp3) is 0.0606. The Morgan fingerprint density at radius 2 is 1.44 bits per heavy atom. The molecule has 0 aliphatic carbocycles. The summed E-state index contributed by atoms with van der Waals surface area (Å²) in [6, 6.07) is 36.6. The number of aromatic nitrogens is 5. The number of rotatable bonds is 5. The van der Waals surface area contributed by atoms with E-state index in [1.807, 2.05) is 96.5 Å². The van der Waals surface area contributed by atoms with Crippen LogP contribution in [0.5, 0.6) is 5.75 Å². The molecule has 1 N–H and O–H groups in total. The monoisotopic (exact) mass is 507 g/mol. The summed E-state index contributed by atoms with van der Waals surface area (Å²) in [5.74, 6) is 1.54. The Labute approximate surface area is 225 Å². The summed E-state index contributed by atoms with van der Waals surface area (Å²) in [6.07, 6.45) is 0. The van der Waals surface area contributed by atoms with Gasteiger partial charge in [-0.15, -0.1) is 0 Å². The van der Waals surface area contributed by atoms with Crippen LogP contribution in [0.1, 0.15) is 5.69 Å². The number of hydrogen-bond donors (Lipinski definition) is 1. The molecule has 0 aliphatic heterocycles. The molecule has 3 heterocycles. The number of aryl methyl sites for hydroxylation is 1. The first-order valence-electron chi connectivity index (χ1n) is 12.8. The molecule has 0 amide bonds. The molecule has 0 fully saturated rings. The van der Waals surface area contributed by atoms with Crippen LogP contribution in [0.15, 0.2) is 109 Å². The number of pyridine rings is 1. The number of nitrogens with one attached hydrogen (secondary N) is 1. The van der Waals surface area contributed by atoms with Gasteiger partial charge in [0, 0.05) is 11.1 Å². The second-order valence-electron chi connectivity index (χ2n) is 9.44. The fourth-order valence-corrected chi connectivity index (χ4v) is 5.24. The van der Waals surface area contributed by atoms with Gasteiger partial charge < -0.3 is 9.72 Å². The molecule has 188 valence electrons. The van der Waals surface area contributed by atoms with Crippen molar-refractivity contribution in [2.45, 2.75) is 6.92 Å². The first-order chi connectivity index (χ1) is 19.2. The first-order valence-corrected chi connectivity index (χ1v) is 12.8. The number of fused-ring (bicyclic) bond motifs is 2. The first kappa shape index (κ1) is 22.9. The van der Waals surface area contributed by atoms with Gasteiger partial charge in [-0.1, -0.05) is 72.8 Å². The summed E-state index contributed by atoms with van der Waals surface area (Å²) in [5, 5.41) is 5.97. The van der Waals surface area contributed by atoms with Crippen molar-refractivity contribution < 1.29 is 4.74 Å². The molecule has 0 atom stereocenters. The van der Waals surface area contributed by atoms with Crippen molar-refractivity contribution in [1.82, 2.24) is 24.7 Å². The van der Waals surface area contributed by atoms with Gasteiger partial charge in [-0.2, -0.15) is 5.10 Å². The van der Waals surface area contributed by atoms with E-state index in [4.69, 9.17) is 19.8 Å². The van der Waals surface area contributed by atoms with E-state index >= 15 is 0 Å². The lowest BCUT2D eigenvalue weighted by Crippen LogP contribution is -2.01. The Morgan fingerprint density at radius 1 is 0.718 bits per heavy atom. The van der Waals surface area contributed by atoms with Gasteiger partial charge in [0.2, 0.25) is 0 Å². The van der Waals surface area contributed by atoms with E-state index in [1.165, 1.54) is 0 Å². The highest BCUT2D eigenvalue weighted by molar-refractivity contribution is 6.07. The Morgan fingerprint density at radius 3 is 2.21 bits per heavy atom. The topological polar surface area (TPSA) is 68.6 Å². The molecule has 4 aromatic carbocycles. The number of aromatic amines is 1. The molecular weight excluding hydrogens is 482 g/mol. The van der Waals surface area contributed by atoms with Crippen LogP contribution in [-0.4, -0.2) is 31.8 Å². The standard InChI is InChI=1S/C33H25N5O/c1-21-28-29(23-14-11-17-25(20-23)39-2)30(32-34-26-18-9-10-19-27(26)35-32)31(22-12-5-3-6-13-22)36-33(28)38(37-21)24-15-7-4-8-16-24/h3-20H,1-2H3,(H,34,35). The Balaban J connectivity index is 1.67. The molecule has 0 aliphatic rings. The molecule has 0 saturated carbocycles. The third-order valence-corrected chi connectivity index (χ3v) is 7.02. The van der Waals surface area contributed by atoms with Gasteiger partial charge in [-0.25, -0.2) is 14.6 Å². The highest BCUT2D eigenvalue weighted by Crippen LogP contribution is 2.44. The number of imidazole rings is 1. The Bertz CT molecular complexity index is 1920. The van der Waals surface area contributed by atoms with Crippen molar-refractivity contribution in [1.29, 1.82) is 0 Å². The van der Waals surface area contributed by atoms with Crippen LogP contribution < -0.4 is 4.74 Å². The summed E-state index contributed by atoms with van der Waals surface area (Å²) in [6.45, 7) is 2.04. The van der Waals surface area contributed by atoms with E-state index in [0.717, 1.165) is 73.0 Å². The molecule has 6 nitrogen and oxygen atoms in total. The molecule has 0 radical (unpaired) electrons. The second kappa shape index (κ2) is 9.26. The predicted molar refractivity (Wildman–Crippen MR) is 156 cm³/mol. The zero-order valence-corrected chi connectivity index (χ0v) is 21.6. The minimum absolute atomic E-state index is 0.758. The highest BCUT2D eigenvalue weighted by atomic mass is 16.5. The largest absolute Gasteiger partial charge is 0.497 e. The van der Waals surface area contributed by atoms with Gasteiger partial charge in [-0.3, -0.25) is 0 Å². The van der Waals surface area contributed by atoms with Gasteiger partial charge in [-0.05, 0) is 48.9 Å². The summed E-state index contributed by atoms with van der Waals surface area (Å²) in [7, 11) is 1.69. The van der Waals surface area contributed by atoms with Crippen LogP contribution in [-0.2, 0) is 0 Å². The van der Waals surface area contributed by atoms with Crippen LogP contribution in [0.25, 0.3) is 61.5 Å². The van der Waals surface area contributed by atoms with Crippen molar-refractivity contribution >= 4 is 22.1 Å². The summed E-state index contributed by atoms with van der Waals surface area (Å²) in [5.41, 5.74) is 9.27. The fourth-order valence-electron chi connectivity index (χ4n) is 5.24. The van der Waals surface area contributed by atoms with Gasteiger partial charge in [0.05, 0.1) is 46.2 Å². The minimum Gasteiger partial charge on any atom is -0.497 e.